The van der Waals surface area contributed by atoms with Crippen LogP contribution in [0.25, 0.3) is 0 Å². The van der Waals surface area contributed by atoms with Gasteiger partial charge in [0, 0.05) is 10.9 Å². The summed E-state index contributed by atoms with van der Waals surface area (Å²) in [6.45, 7) is 9.70. The average Bonchev–Trinajstić information content (AvgIpc) is 2.85. The summed E-state index contributed by atoms with van der Waals surface area (Å²) in [5.41, 5.74) is 5.88. The van der Waals surface area contributed by atoms with Gasteiger partial charge in [0.05, 0.1) is 11.2 Å². The van der Waals surface area contributed by atoms with E-state index in [4.69, 9.17) is 0 Å². The molecule has 0 spiro atoms. The molecule has 2 rings (SSSR count). The topological polar surface area (TPSA) is 24.9 Å². The van der Waals surface area contributed by atoms with Gasteiger partial charge in [0.2, 0.25) is 0 Å². The molecule has 20 heavy (non-hydrogen) atoms. The monoisotopic (exact) mass is 288 g/mol. The zero-order valence-corrected chi connectivity index (χ0v) is 13.6. The van der Waals surface area contributed by atoms with Gasteiger partial charge in [-0.1, -0.05) is 45.0 Å². The highest BCUT2D eigenvalue weighted by Crippen LogP contribution is 2.25. The Labute approximate surface area is 126 Å². The Morgan fingerprint density at radius 2 is 1.90 bits per heavy atom. The average molecular weight is 288 g/mol. The highest BCUT2D eigenvalue weighted by atomic mass is 32.1. The number of aromatic nitrogens is 1. The minimum atomic E-state index is 0.373. The van der Waals surface area contributed by atoms with Gasteiger partial charge >= 0.3 is 0 Å². The van der Waals surface area contributed by atoms with Crippen LogP contribution in [0.2, 0.25) is 0 Å². The zero-order chi connectivity index (χ0) is 14.5. The maximum Gasteiger partial charge on any atom is 0.0798 e. The third kappa shape index (κ3) is 3.68. The largest absolute Gasteiger partial charge is 0.309 e. The van der Waals surface area contributed by atoms with Gasteiger partial charge in [-0.05, 0) is 36.9 Å². The van der Waals surface area contributed by atoms with Gasteiger partial charge in [-0.3, -0.25) is 0 Å². The molecule has 0 aliphatic heterocycles. The normalized spacial score (nSPS) is 12.8. The van der Waals surface area contributed by atoms with Crippen molar-refractivity contribution >= 4 is 11.3 Å². The first-order chi connectivity index (χ1) is 9.61. The van der Waals surface area contributed by atoms with Crippen molar-refractivity contribution in [3.63, 3.8) is 0 Å². The van der Waals surface area contributed by atoms with Crippen LogP contribution in [0.5, 0.6) is 0 Å². The summed E-state index contributed by atoms with van der Waals surface area (Å²) in [4.78, 5) is 5.74. The number of aryl methyl sites for hydroxylation is 1. The summed E-state index contributed by atoms with van der Waals surface area (Å²) in [5.74, 6) is 0.595. The van der Waals surface area contributed by atoms with Gasteiger partial charge in [0.15, 0.2) is 0 Å². The number of likely N-dealkylation sites (N-methyl/N-ethyl adjacent to an activating group) is 1. The molecule has 108 valence electrons. The highest BCUT2D eigenvalue weighted by Gasteiger charge is 2.15. The molecule has 0 saturated carbocycles. The first kappa shape index (κ1) is 15.2. The Balaban J connectivity index is 2.14. The van der Waals surface area contributed by atoms with E-state index in [1.54, 1.807) is 11.3 Å². The predicted molar refractivity (Wildman–Crippen MR) is 87.5 cm³/mol. The minimum absolute atomic E-state index is 0.373. The summed E-state index contributed by atoms with van der Waals surface area (Å²) >= 11 is 1.75. The first-order valence-corrected chi connectivity index (χ1v) is 8.22. The third-order valence-corrected chi connectivity index (χ3v) is 4.68. The SMILES string of the molecule is CCNC(Cc1ccc(C(C)C)cc1)c1scnc1C. The van der Waals surface area contributed by atoms with E-state index >= 15 is 0 Å². The molecule has 2 nitrogen and oxygen atoms in total. The molecule has 0 fully saturated rings. The number of nitrogens with zero attached hydrogens (tertiary/aromatic N) is 1. The molecule has 0 amide bonds. The van der Waals surface area contributed by atoms with Crippen molar-refractivity contribution in [3.8, 4) is 0 Å². The fourth-order valence-electron chi connectivity index (χ4n) is 2.42. The number of nitrogens with one attached hydrogen (secondary N) is 1. The molecule has 1 unspecified atom stereocenters. The van der Waals surface area contributed by atoms with E-state index < -0.39 is 0 Å². The van der Waals surface area contributed by atoms with E-state index in [0.29, 0.717) is 12.0 Å². The number of hydrogen-bond acceptors (Lipinski definition) is 3. The van der Waals surface area contributed by atoms with Gasteiger partial charge in [0.25, 0.3) is 0 Å². The molecular weight excluding hydrogens is 264 g/mol. The van der Waals surface area contributed by atoms with Crippen LogP contribution in [0.3, 0.4) is 0 Å². The van der Waals surface area contributed by atoms with Gasteiger partial charge in [-0.25, -0.2) is 4.98 Å². The third-order valence-electron chi connectivity index (χ3n) is 3.64. The Bertz CT molecular complexity index is 528. The van der Waals surface area contributed by atoms with Crippen LogP contribution in [0, 0.1) is 6.92 Å². The molecule has 0 bridgehead atoms. The molecule has 1 aromatic carbocycles. The number of thiazole rings is 1. The smallest absolute Gasteiger partial charge is 0.0798 e. The van der Waals surface area contributed by atoms with Gasteiger partial charge < -0.3 is 5.32 Å². The second kappa shape index (κ2) is 7.00. The summed E-state index contributed by atoms with van der Waals surface area (Å²) in [6, 6.07) is 9.40. The van der Waals surface area contributed by atoms with Crippen molar-refractivity contribution in [1.29, 1.82) is 0 Å². The van der Waals surface area contributed by atoms with Gasteiger partial charge in [-0.15, -0.1) is 11.3 Å². The standard InChI is InChI=1S/C17H24N2S/c1-5-18-16(17-13(4)19-11-20-17)10-14-6-8-15(9-7-14)12(2)3/h6-9,11-12,16,18H,5,10H2,1-4H3. The molecule has 0 aliphatic rings. The molecule has 0 radical (unpaired) electrons. The lowest BCUT2D eigenvalue weighted by Crippen LogP contribution is -2.22. The van der Waals surface area contributed by atoms with Crippen LogP contribution in [0.4, 0.5) is 0 Å². The van der Waals surface area contributed by atoms with Crippen LogP contribution >= 0.6 is 11.3 Å². The maximum atomic E-state index is 4.38. The molecule has 0 aliphatic carbocycles. The Hall–Kier alpha value is -1.19. The fourth-order valence-corrected chi connectivity index (χ4v) is 3.30. The van der Waals surface area contributed by atoms with Crippen molar-refractivity contribution in [2.75, 3.05) is 6.54 Å². The van der Waals surface area contributed by atoms with E-state index in [-0.39, 0.29) is 0 Å². The molecular formula is C17H24N2S. The van der Waals surface area contributed by atoms with Gasteiger partial charge in [0.1, 0.15) is 0 Å². The number of hydrogen-bond donors (Lipinski definition) is 1. The van der Waals surface area contributed by atoms with E-state index in [2.05, 4.69) is 62.3 Å². The molecule has 2 aromatic rings. The van der Waals surface area contributed by atoms with Crippen LogP contribution < -0.4 is 5.32 Å². The molecule has 1 heterocycles. The van der Waals surface area contributed by atoms with E-state index in [9.17, 15) is 0 Å². The Morgan fingerprint density at radius 1 is 1.20 bits per heavy atom. The molecule has 0 saturated heterocycles. The second-order valence-electron chi connectivity index (χ2n) is 5.51. The summed E-state index contributed by atoms with van der Waals surface area (Å²) in [6.07, 6.45) is 1.02. The molecule has 1 atom stereocenters. The second-order valence-corrected chi connectivity index (χ2v) is 6.40. The summed E-state index contributed by atoms with van der Waals surface area (Å²) in [5, 5.41) is 3.58. The molecule has 3 heteroatoms. The quantitative estimate of drug-likeness (QED) is 0.848. The van der Waals surface area contributed by atoms with Crippen molar-refractivity contribution in [1.82, 2.24) is 10.3 Å². The van der Waals surface area contributed by atoms with Crippen molar-refractivity contribution < 1.29 is 0 Å². The Morgan fingerprint density at radius 3 is 2.40 bits per heavy atom. The van der Waals surface area contributed by atoms with E-state index in [1.165, 1.54) is 16.0 Å². The van der Waals surface area contributed by atoms with Gasteiger partial charge in [-0.2, -0.15) is 0 Å². The predicted octanol–water partition coefficient (Wildman–Crippen LogP) is 4.47. The molecule has 1 N–H and O–H groups in total. The lowest BCUT2D eigenvalue weighted by atomic mass is 9.98. The first-order valence-electron chi connectivity index (χ1n) is 7.34. The van der Waals surface area contributed by atoms with Crippen LogP contribution in [-0.4, -0.2) is 11.5 Å². The fraction of sp³-hybridized carbons (Fsp3) is 0.471. The number of rotatable bonds is 6. The van der Waals surface area contributed by atoms with E-state index in [0.717, 1.165) is 18.7 Å². The lowest BCUT2D eigenvalue weighted by molar-refractivity contribution is 0.554. The molecule has 1 aromatic heterocycles. The van der Waals surface area contributed by atoms with Crippen molar-refractivity contribution in [2.45, 2.75) is 46.1 Å². The van der Waals surface area contributed by atoms with Crippen LogP contribution in [0.15, 0.2) is 29.8 Å². The Kier molecular flexibility index (Phi) is 5.32. The maximum absolute atomic E-state index is 4.38. The summed E-state index contributed by atoms with van der Waals surface area (Å²) < 4.78 is 0. The van der Waals surface area contributed by atoms with Crippen LogP contribution in [-0.2, 0) is 6.42 Å². The lowest BCUT2D eigenvalue weighted by Gasteiger charge is -2.17. The van der Waals surface area contributed by atoms with Crippen molar-refractivity contribution in [2.24, 2.45) is 0 Å². The van der Waals surface area contributed by atoms with Crippen molar-refractivity contribution in [3.05, 3.63) is 51.5 Å². The van der Waals surface area contributed by atoms with Crippen LogP contribution in [0.1, 0.15) is 54.4 Å². The number of benzene rings is 1. The highest BCUT2D eigenvalue weighted by molar-refractivity contribution is 7.09. The van der Waals surface area contributed by atoms with E-state index in [1.807, 2.05) is 5.51 Å². The minimum Gasteiger partial charge on any atom is -0.309 e. The zero-order valence-electron chi connectivity index (χ0n) is 12.8. The summed E-state index contributed by atoms with van der Waals surface area (Å²) in [7, 11) is 0.